The highest BCUT2D eigenvalue weighted by Gasteiger charge is 2.34. The van der Waals surface area contributed by atoms with Crippen molar-refractivity contribution < 1.29 is 4.42 Å². The zero-order valence-corrected chi connectivity index (χ0v) is 10.9. The molecule has 2 aliphatic rings. The molecule has 0 N–H and O–H groups in total. The van der Waals surface area contributed by atoms with Gasteiger partial charge >= 0.3 is 0 Å². The largest absolute Gasteiger partial charge is 0.415 e. The quantitative estimate of drug-likeness (QED) is 0.785. The van der Waals surface area contributed by atoms with Gasteiger partial charge in [-0.25, -0.2) is 0 Å². The topological polar surface area (TPSA) is 38.9 Å². The summed E-state index contributed by atoms with van der Waals surface area (Å²) in [4.78, 5) is 0.522. The Morgan fingerprint density at radius 3 is 2.56 bits per heavy atom. The molecule has 1 aromatic heterocycles. The van der Waals surface area contributed by atoms with Crippen molar-refractivity contribution in [1.82, 2.24) is 10.2 Å². The van der Waals surface area contributed by atoms with Crippen LogP contribution in [-0.2, 0) is 0 Å². The van der Waals surface area contributed by atoms with Crippen molar-refractivity contribution in [3.63, 3.8) is 0 Å². The van der Waals surface area contributed by atoms with Crippen LogP contribution >= 0.6 is 15.9 Å². The molecule has 0 aliphatic heterocycles. The maximum atomic E-state index is 5.50. The minimum Gasteiger partial charge on any atom is -0.415 e. The molecule has 16 heavy (non-hydrogen) atoms. The molecule has 2 saturated carbocycles. The third-order valence-corrected chi connectivity index (χ3v) is 4.63. The molecule has 2 aliphatic carbocycles. The molecule has 0 saturated heterocycles. The van der Waals surface area contributed by atoms with E-state index in [0.717, 1.165) is 17.7 Å². The van der Waals surface area contributed by atoms with Crippen molar-refractivity contribution in [3.05, 3.63) is 10.7 Å². The number of hydrogen-bond acceptors (Lipinski definition) is 3. The first-order valence-corrected chi connectivity index (χ1v) is 7.11. The zero-order chi connectivity index (χ0) is 11.0. The second-order valence-corrected chi connectivity index (χ2v) is 5.89. The second-order valence-electron chi connectivity index (χ2n) is 5.21. The Morgan fingerprint density at radius 1 is 1.00 bits per heavy atom. The molecule has 0 spiro atoms. The molecule has 3 unspecified atom stereocenters. The molecular formula is C12H17BrN2O. The third-order valence-electron chi connectivity index (χ3n) is 4.30. The lowest BCUT2D eigenvalue weighted by molar-refractivity contribution is 0.145. The van der Waals surface area contributed by atoms with Crippen molar-refractivity contribution in [2.45, 2.75) is 50.9 Å². The summed E-state index contributed by atoms with van der Waals surface area (Å²) in [6.45, 7) is 0. The fourth-order valence-electron chi connectivity index (χ4n) is 3.48. The zero-order valence-electron chi connectivity index (χ0n) is 9.36. The predicted octanol–water partition coefficient (Wildman–Crippen LogP) is 3.91. The molecule has 3 nitrogen and oxygen atoms in total. The first kappa shape index (κ1) is 10.8. The average molecular weight is 285 g/mol. The van der Waals surface area contributed by atoms with E-state index in [4.69, 9.17) is 4.42 Å². The molecular weight excluding hydrogens is 268 g/mol. The van der Waals surface area contributed by atoms with Crippen molar-refractivity contribution in [2.75, 3.05) is 0 Å². The van der Waals surface area contributed by atoms with Crippen LogP contribution in [0.5, 0.6) is 0 Å². The smallest absolute Gasteiger partial charge is 0.284 e. The van der Waals surface area contributed by atoms with Crippen molar-refractivity contribution in [1.29, 1.82) is 0 Å². The number of rotatable bonds is 1. The molecule has 1 heterocycles. The number of halogens is 1. The summed E-state index contributed by atoms with van der Waals surface area (Å²) in [5.74, 6) is 3.25. The molecule has 0 amide bonds. The summed E-state index contributed by atoms with van der Waals surface area (Å²) < 4.78 is 5.50. The highest BCUT2D eigenvalue weighted by molar-refractivity contribution is 9.10. The highest BCUT2D eigenvalue weighted by Crippen LogP contribution is 2.45. The maximum Gasteiger partial charge on any atom is 0.284 e. The first-order valence-electron chi connectivity index (χ1n) is 6.32. The summed E-state index contributed by atoms with van der Waals surface area (Å²) in [5, 5.41) is 8.01. The van der Waals surface area contributed by atoms with Gasteiger partial charge in [0.1, 0.15) is 0 Å². The van der Waals surface area contributed by atoms with Gasteiger partial charge in [-0.3, -0.25) is 0 Å². The molecule has 88 valence electrons. The monoisotopic (exact) mass is 284 g/mol. The third kappa shape index (κ3) is 2.04. The van der Waals surface area contributed by atoms with E-state index in [1.54, 1.807) is 0 Å². The van der Waals surface area contributed by atoms with Crippen LogP contribution in [0.15, 0.2) is 9.22 Å². The van der Waals surface area contributed by atoms with Crippen LogP contribution in [0, 0.1) is 11.8 Å². The lowest BCUT2D eigenvalue weighted by Crippen LogP contribution is -2.26. The normalized spacial score (nSPS) is 34.7. The Balaban J connectivity index is 1.70. The van der Waals surface area contributed by atoms with Gasteiger partial charge in [0.05, 0.1) is 0 Å². The lowest BCUT2D eigenvalue weighted by atomic mass is 9.67. The van der Waals surface area contributed by atoms with E-state index in [1.165, 1.54) is 44.9 Å². The van der Waals surface area contributed by atoms with Crippen molar-refractivity contribution >= 4 is 15.9 Å². The van der Waals surface area contributed by atoms with E-state index in [0.29, 0.717) is 10.7 Å². The van der Waals surface area contributed by atoms with Crippen molar-refractivity contribution in [3.8, 4) is 0 Å². The molecule has 0 bridgehead atoms. The van der Waals surface area contributed by atoms with E-state index < -0.39 is 0 Å². The summed E-state index contributed by atoms with van der Waals surface area (Å²) in [7, 11) is 0. The van der Waals surface area contributed by atoms with Gasteiger partial charge in [0.25, 0.3) is 4.80 Å². The molecule has 1 aromatic rings. The number of nitrogens with zero attached hydrogens (tertiary/aromatic N) is 2. The van der Waals surface area contributed by atoms with Crippen LogP contribution < -0.4 is 0 Å². The van der Waals surface area contributed by atoms with Crippen molar-refractivity contribution in [2.24, 2.45) is 11.8 Å². The van der Waals surface area contributed by atoms with Gasteiger partial charge in [0, 0.05) is 21.8 Å². The Hall–Kier alpha value is -0.380. The Morgan fingerprint density at radius 2 is 1.81 bits per heavy atom. The van der Waals surface area contributed by atoms with Gasteiger partial charge in [-0.1, -0.05) is 25.7 Å². The minimum absolute atomic E-state index is 0.512. The number of aromatic nitrogens is 2. The first-order chi connectivity index (χ1) is 7.83. The maximum absolute atomic E-state index is 5.50. The molecule has 0 radical (unpaired) electrons. The molecule has 3 rings (SSSR count). The second kappa shape index (κ2) is 4.47. The van der Waals surface area contributed by atoms with Gasteiger partial charge in [0.2, 0.25) is 5.89 Å². The molecule has 4 heteroatoms. The summed E-state index contributed by atoms with van der Waals surface area (Å²) >= 11 is 3.23. The number of hydrogen-bond donors (Lipinski definition) is 0. The van der Waals surface area contributed by atoms with Crippen LogP contribution in [0.1, 0.15) is 56.8 Å². The highest BCUT2D eigenvalue weighted by atomic mass is 79.9. The van der Waals surface area contributed by atoms with Crippen LogP contribution in [0.3, 0.4) is 0 Å². The van der Waals surface area contributed by atoms with Crippen LogP contribution in [0.2, 0.25) is 0 Å². The van der Waals surface area contributed by atoms with Gasteiger partial charge in [-0.15, -0.1) is 10.2 Å². The minimum atomic E-state index is 0.512. The molecule has 2 fully saturated rings. The van der Waals surface area contributed by atoms with E-state index >= 15 is 0 Å². The summed E-state index contributed by atoms with van der Waals surface area (Å²) in [5.41, 5.74) is 0. The van der Waals surface area contributed by atoms with Gasteiger partial charge in [-0.2, -0.15) is 0 Å². The Kier molecular flexibility index (Phi) is 3.01. The standard InChI is InChI=1S/C12H17BrN2O/c13-12-15-14-11(16-12)10-6-5-8-3-1-2-4-9(8)7-10/h8-10H,1-7H2. The van der Waals surface area contributed by atoms with Crippen LogP contribution in [-0.4, -0.2) is 10.2 Å². The Labute approximate surface area is 104 Å². The molecule has 0 aromatic carbocycles. The van der Waals surface area contributed by atoms with Gasteiger partial charge in [-0.05, 0) is 31.1 Å². The van der Waals surface area contributed by atoms with Crippen LogP contribution in [0.4, 0.5) is 0 Å². The Bertz CT molecular complexity index is 366. The predicted molar refractivity (Wildman–Crippen MR) is 64.0 cm³/mol. The van der Waals surface area contributed by atoms with E-state index in [-0.39, 0.29) is 0 Å². The van der Waals surface area contributed by atoms with E-state index in [9.17, 15) is 0 Å². The fraction of sp³-hybridized carbons (Fsp3) is 0.833. The van der Waals surface area contributed by atoms with Gasteiger partial charge in [0.15, 0.2) is 0 Å². The van der Waals surface area contributed by atoms with Crippen LogP contribution in [0.25, 0.3) is 0 Å². The average Bonchev–Trinajstić information content (AvgIpc) is 2.75. The van der Waals surface area contributed by atoms with Gasteiger partial charge < -0.3 is 4.42 Å². The fourth-order valence-corrected chi connectivity index (χ4v) is 3.72. The SMILES string of the molecule is Brc1nnc(C2CCC3CCCCC3C2)o1. The lowest BCUT2D eigenvalue weighted by Gasteiger charge is -2.38. The summed E-state index contributed by atoms with van der Waals surface area (Å²) in [6, 6.07) is 0. The van der Waals surface area contributed by atoms with E-state index in [1.807, 2.05) is 0 Å². The molecule has 3 atom stereocenters. The van der Waals surface area contributed by atoms with E-state index in [2.05, 4.69) is 26.1 Å². The summed E-state index contributed by atoms with van der Waals surface area (Å²) in [6.07, 6.45) is 9.57. The number of fused-ring (bicyclic) bond motifs is 1.